The van der Waals surface area contributed by atoms with Crippen molar-refractivity contribution in [2.75, 3.05) is 0 Å². The SMILES string of the molecule is FC(F)(F)c1cc(SCc2ncc(C(F)(F)F)cc2Cl)cc(C(F)(F)F)c1. The van der Waals surface area contributed by atoms with E-state index in [4.69, 9.17) is 11.6 Å². The maximum absolute atomic E-state index is 12.8. The first kappa shape index (κ1) is 21.7. The number of hydrogen-bond donors (Lipinski definition) is 0. The van der Waals surface area contributed by atoms with Crippen LogP contribution in [0.5, 0.6) is 0 Å². The van der Waals surface area contributed by atoms with Crippen LogP contribution in [0.15, 0.2) is 35.4 Å². The zero-order chi connectivity index (χ0) is 20.6. The van der Waals surface area contributed by atoms with Gasteiger partial charge in [-0.15, -0.1) is 11.8 Å². The van der Waals surface area contributed by atoms with Gasteiger partial charge in [-0.2, -0.15) is 39.5 Å². The van der Waals surface area contributed by atoms with Crippen LogP contribution in [0.25, 0.3) is 0 Å². The molecule has 2 aromatic rings. The molecule has 0 atom stereocenters. The molecule has 0 aliphatic carbocycles. The van der Waals surface area contributed by atoms with Crippen LogP contribution < -0.4 is 0 Å². The molecule has 0 aliphatic rings. The summed E-state index contributed by atoms with van der Waals surface area (Å²) in [6.45, 7) is 0. The average Bonchev–Trinajstić information content (AvgIpc) is 2.50. The number of pyridine rings is 1. The Morgan fingerprint density at radius 1 is 0.741 bits per heavy atom. The van der Waals surface area contributed by atoms with E-state index < -0.39 is 40.2 Å². The molecule has 0 fully saturated rings. The molecule has 0 radical (unpaired) electrons. The number of hydrogen-bond acceptors (Lipinski definition) is 2. The van der Waals surface area contributed by atoms with Crippen LogP contribution in [0.3, 0.4) is 0 Å². The second kappa shape index (κ2) is 7.42. The van der Waals surface area contributed by atoms with Crippen molar-refractivity contribution in [3.63, 3.8) is 0 Å². The molecular formula is C15H7ClF9NS. The number of alkyl halides is 9. The van der Waals surface area contributed by atoms with Gasteiger partial charge in [-0.3, -0.25) is 4.98 Å². The largest absolute Gasteiger partial charge is 0.417 e. The minimum atomic E-state index is -5.00. The molecule has 12 heteroatoms. The van der Waals surface area contributed by atoms with Gasteiger partial charge in [0.05, 0.1) is 27.4 Å². The lowest BCUT2D eigenvalue weighted by Gasteiger charge is -2.14. The summed E-state index contributed by atoms with van der Waals surface area (Å²) in [5.74, 6) is -0.324. The Balaban J connectivity index is 2.30. The maximum atomic E-state index is 12.8. The summed E-state index contributed by atoms with van der Waals surface area (Å²) in [5.41, 5.74) is -4.22. The zero-order valence-corrected chi connectivity index (χ0v) is 14.3. The van der Waals surface area contributed by atoms with E-state index in [1.165, 1.54) is 0 Å². The molecule has 1 nitrogen and oxygen atoms in total. The minimum absolute atomic E-state index is 0.0204. The Kier molecular flexibility index (Phi) is 5.96. The van der Waals surface area contributed by atoms with E-state index in [0.717, 1.165) is 0 Å². The van der Waals surface area contributed by atoms with Crippen LogP contribution in [0, 0.1) is 0 Å². The fourth-order valence-electron chi connectivity index (χ4n) is 1.89. The first-order valence-corrected chi connectivity index (χ1v) is 8.18. The number of rotatable bonds is 3. The Morgan fingerprint density at radius 3 is 1.63 bits per heavy atom. The third kappa shape index (κ3) is 5.68. The van der Waals surface area contributed by atoms with Gasteiger partial charge in [0.2, 0.25) is 0 Å². The number of aromatic nitrogens is 1. The quantitative estimate of drug-likeness (QED) is 0.374. The van der Waals surface area contributed by atoms with Gasteiger partial charge >= 0.3 is 18.5 Å². The summed E-state index contributed by atoms with van der Waals surface area (Å²) in [4.78, 5) is 3.11. The van der Waals surface area contributed by atoms with Gasteiger partial charge in [0, 0.05) is 16.8 Å². The zero-order valence-electron chi connectivity index (χ0n) is 12.7. The Hall–Kier alpha value is -1.62. The van der Waals surface area contributed by atoms with E-state index in [-0.39, 0.29) is 22.4 Å². The molecule has 1 heterocycles. The molecule has 0 unspecified atom stereocenters. The smallest absolute Gasteiger partial charge is 0.258 e. The lowest BCUT2D eigenvalue weighted by molar-refractivity contribution is -0.143. The van der Waals surface area contributed by atoms with E-state index >= 15 is 0 Å². The van der Waals surface area contributed by atoms with Crippen LogP contribution in [0.4, 0.5) is 39.5 Å². The molecule has 0 aliphatic heterocycles. The number of thioether (sulfide) groups is 1. The van der Waals surface area contributed by atoms with Crippen molar-refractivity contribution in [3.8, 4) is 0 Å². The van der Waals surface area contributed by atoms with Crippen LogP contribution in [-0.2, 0) is 24.3 Å². The van der Waals surface area contributed by atoms with Gasteiger partial charge in [0.1, 0.15) is 0 Å². The number of halogens is 10. The molecule has 0 saturated heterocycles. The third-order valence-corrected chi connectivity index (χ3v) is 4.50. The highest BCUT2D eigenvalue weighted by Gasteiger charge is 2.37. The molecule has 0 N–H and O–H groups in total. The van der Waals surface area contributed by atoms with E-state index in [1.54, 1.807) is 0 Å². The maximum Gasteiger partial charge on any atom is 0.417 e. The topological polar surface area (TPSA) is 12.9 Å². The van der Waals surface area contributed by atoms with E-state index in [0.29, 0.717) is 36.2 Å². The van der Waals surface area contributed by atoms with Gasteiger partial charge in [-0.25, -0.2) is 0 Å². The average molecular weight is 440 g/mol. The van der Waals surface area contributed by atoms with Gasteiger partial charge in [-0.05, 0) is 24.3 Å². The van der Waals surface area contributed by atoms with Crippen molar-refractivity contribution in [1.29, 1.82) is 0 Å². The van der Waals surface area contributed by atoms with Crippen LogP contribution >= 0.6 is 23.4 Å². The standard InChI is InChI=1S/C15H7ClF9NS/c16-11-4-9(15(23,24)25)5-26-12(11)6-27-10-2-7(13(17,18)19)1-8(3-10)14(20,21)22/h1-5H,6H2. The van der Waals surface area contributed by atoms with Gasteiger partial charge in [0.25, 0.3) is 0 Å². The summed E-state index contributed by atoms with van der Waals surface area (Å²) >= 11 is 6.21. The molecule has 0 bridgehead atoms. The summed E-state index contributed by atoms with van der Waals surface area (Å²) < 4.78 is 114. The molecule has 1 aromatic heterocycles. The lowest BCUT2D eigenvalue weighted by Crippen LogP contribution is -2.11. The Labute approximate surface area is 155 Å². The molecule has 2 rings (SSSR count). The van der Waals surface area contributed by atoms with E-state index in [9.17, 15) is 39.5 Å². The highest BCUT2D eigenvalue weighted by Crippen LogP contribution is 2.39. The Morgan fingerprint density at radius 2 is 1.22 bits per heavy atom. The van der Waals surface area contributed by atoms with Crippen molar-refractivity contribution < 1.29 is 39.5 Å². The first-order chi connectivity index (χ1) is 12.2. The van der Waals surface area contributed by atoms with E-state index in [1.807, 2.05) is 0 Å². The minimum Gasteiger partial charge on any atom is -0.258 e. The fourth-order valence-corrected chi connectivity index (χ4v) is 3.16. The van der Waals surface area contributed by atoms with Crippen molar-refractivity contribution in [3.05, 3.63) is 57.9 Å². The fraction of sp³-hybridized carbons (Fsp3) is 0.267. The second-order valence-corrected chi connectivity index (χ2v) is 6.64. The predicted molar refractivity (Wildman–Crippen MR) is 80.3 cm³/mol. The second-order valence-electron chi connectivity index (χ2n) is 5.18. The number of benzene rings is 1. The Bertz CT molecular complexity index is 795. The number of nitrogens with zero attached hydrogens (tertiary/aromatic N) is 1. The normalized spacial score (nSPS) is 13.1. The van der Waals surface area contributed by atoms with Crippen molar-refractivity contribution in [2.45, 2.75) is 29.2 Å². The van der Waals surface area contributed by atoms with Gasteiger partial charge < -0.3 is 0 Å². The van der Waals surface area contributed by atoms with Crippen molar-refractivity contribution in [2.24, 2.45) is 0 Å². The lowest BCUT2D eigenvalue weighted by atomic mass is 10.1. The predicted octanol–water partition coefficient (Wildman–Crippen LogP) is 7.08. The molecule has 0 amide bonds. The van der Waals surface area contributed by atoms with Crippen LogP contribution in [0.2, 0.25) is 5.02 Å². The molecule has 0 spiro atoms. The third-order valence-electron chi connectivity index (χ3n) is 3.18. The van der Waals surface area contributed by atoms with Crippen LogP contribution in [-0.4, -0.2) is 4.98 Å². The summed E-state index contributed by atoms with van der Waals surface area (Å²) in [6.07, 6.45) is -14.2. The van der Waals surface area contributed by atoms with Gasteiger partial charge in [-0.1, -0.05) is 11.6 Å². The summed E-state index contributed by atoms with van der Waals surface area (Å²) in [5, 5.41) is -0.402. The molecular weight excluding hydrogens is 433 g/mol. The highest BCUT2D eigenvalue weighted by molar-refractivity contribution is 7.98. The van der Waals surface area contributed by atoms with Gasteiger partial charge in [0.15, 0.2) is 0 Å². The molecule has 27 heavy (non-hydrogen) atoms. The summed E-state index contributed by atoms with van der Waals surface area (Å²) in [6, 6.07) is 1.58. The molecule has 148 valence electrons. The molecule has 0 saturated carbocycles. The monoisotopic (exact) mass is 439 g/mol. The van der Waals surface area contributed by atoms with Crippen molar-refractivity contribution in [1.82, 2.24) is 4.98 Å². The van der Waals surface area contributed by atoms with Crippen molar-refractivity contribution >= 4 is 23.4 Å². The highest BCUT2D eigenvalue weighted by atomic mass is 35.5. The molecule has 1 aromatic carbocycles. The van der Waals surface area contributed by atoms with Crippen LogP contribution in [0.1, 0.15) is 22.4 Å². The summed E-state index contributed by atoms with van der Waals surface area (Å²) in [7, 11) is 0. The first-order valence-electron chi connectivity index (χ1n) is 6.82. The van der Waals surface area contributed by atoms with E-state index in [2.05, 4.69) is 4.98 Å².